The van der Waals surface area contributed by atoms with Crippen LogP contribution in [0.25, 0.3) is 0 Å². The molecule has 0 bridgehead atoms. The number of rotatable bonds is 7. The molecule has 1 aromatic rings. The van der Waals surface area contributed by atoms with Gasteiger partial charge in [0.15, 0.2) is 0 Å². The molecule has 0 N–H and O–H groups in total. The van der Waals surface area contributed by atoms with E-state index in [0.717, 1.165) is 25.7 Å². The molecule has 1 aliphatic heterocycles. The summed E-state index contributed by atoms with van der Waals surface area (Å²) in [7, 11) is 0. The highest BCUT2D eigenvalue weighted by Gasteiger charge is 2.17. The van der Waals surface area contributed by atoms with E-state index in [2.05, 4.69) is 49.4 Å². The number of benzene rings is 1. The van der Waals surface area contributed by atoms with Gasteiger partial charge in [0.25, 0.3) is 0 Å². The van der Waals surface area contributed by atoms with Gasteiger partial charge in [0.1, 0.15) is 0 Å². The lowest BCUT2D eigenvalue weighted by atomic mass is 10.0. The summed E-state index contributed by atoms with van der Waals surface area (Å²) < 4.78 is 6.32. The van der Waals surface area contributed by atoms with Crippen LogP contribution in [-0.2, 0) is 11.2 Å². The van der Waals surface area contributed by atoms with E-state index >= 15 is 0 Å². The van der Waals surface area contributed by atoms with Gasteiger partial charge in [-0.3, -0.25) is 0 Å². The van der Waals surface area contributed by atoms with Crippen molar-refractivity contribution in [2.24, 2.45) is 0 Å². The zero-order chi connectivity index (χ0) is 14.0. The molecule has 1 aromatic carbocycles. The van der Waals surface area contributed by atoms with Crippen LogP contribution in [0.4, 0.5) is 0 Å². The van der Waals surface area contributed by atoms with Crippen LogP contribution in [0.1, 0.15) is 57.4 Å². The minimum absolute atomic E-state index is 0.403. The fourth-order valence-corrected chi connectivity index (χ4v) is 2.85. The topological polar surface area (TPSA) is 9.23 Å². The lowest BCUT2D eigenvalue weighted by Crippen LogP contribution is -2.20. The van der Waals surface area contributed by atoms with E-state index in [0.29, 0.717) is 12.2 Å². The first kappa shape index (κ1) is 15.3. The molecule has 0 unspecified atom stereocenters. The van der Waals surface area contributed by atoms with Crippen LogP contribution in [0.3, 0.4) is 0 Å². The van der Waals surface area contributed by atoms with Crippen LogP contribution < -0.4 is 0 Å². The monoisotopic (exact) mass is 272 g/mol. The molecule has 1 heteroatoms. The van der Waals surface area contributed by atoms with Gasteiger partial charge in [-0.25, -0.2) is 0 Å². The number of hydrogen-bond acceptors (Lipinski definition) is 1. The van der Waals surface area contributed by atoms with Crippen LogP contribution in [0.2, 0.25) is 0 Å². The van der Waals surface area contributed by atoms with Gasteiger partial charge in [-0.2, -0.15) is 0 Å². The zero-order valence-corrected chi connectivity index (χ0v) is 12.8. The minimum Gasteiger partial charge on any atom is -0.374 e. The Bertz CT molecular complexity index is 382. The van der Waals surface area contributed by atoms with Crippen LogP contribution in [0.5, 0.6) is 0 Å². The average Bonchev–Trinajstić information content (AvgIpc) is 2.72. The van der Waals surface area contributed by atoms with E-state index in [9.17, 15) is 0 Å². The number of unbranched alkanes of at least 4 members (excludes halogenated alkanes) is 2. The Labute approximate surface area is 124 Å². The van der Waals surface area contributed by atoms with E-state index in [1.54, 1.807) is 0 Å². The normalized spacial score (nSPS) is 22.6. The minimum atomic E-state index is 0.403. The maximum absolute atomic E-state index is 6.32. The van der Waals surface area contributed by atoms with Crippen molar-refractivity contribution < 1.29 is 4.74 Å². The SMILES string of the molecule is CCCCC[C@H]1CC=CC[C@@H](CCc2ccccc2)O1. The van der Waals surface area contributed by atoms with E-state index in [-0.39, 0.29) is 0 Å². The molecule has 0 aromatic heterocycles. The molecule has 2 rings (SSSR count). The van der Waals surface area contributed by atoms with Gasteiger partial charge in [-0.1, -0.05) is 68.7 Å². The molecule has 1 nitrogen and oxygen atoms in total. The third kappa shape index (κ3) is 5.50. The molecule has 2 atom stereocenters. The standard InChI is InChI=1S/C19H28O/c1-2-3-5-12-18-13-8-9-14-19(20-18)16-15-17-10-6-4-7-11-17/h4,6-11,18-19H,2-3,5,12-16H2,1H3/t18-,19-/m0/s1. The maximum Gasteiger partial charge on any atom is 0.0616 e. The van der Waals surface area contributed by atoms with E-state index in [1.165, 1.54) is 31.2 Å². The fourth-order valence-electron chi connectivity index (χ4n) is 2.85. The van der Waals surface area contributed by atoms with Crippen molar-refractivity contribution in [2.75, 3.05) is 0 Å². The number of aryl methyl sites for hydroxylation is 1. The summed E-state index contributed by atoms with van der Waals surface area (Å²) >= 11 is 0. The second kappa shape index (κ2) is 8.97. The Kier molecular flexibility index (Phi) is 6.86. The zero-order valence-electron chi connectivity index (χ0n) is 12.8. The van der Waals surface area contributed by atoms with Gasteiger partial charge < -0.3 is 4.74 Å². The Balaban J connectivity index is 1.77. The van der Waals surface area contributed by atoms with Gasteiger partial charge in [-0.15, -0.1) is 0 Å². The molecule has 20 heavy (non-hydrogen) atoms. The van der Waals surface area contributed by atoms with E-state index in [1.807, 2.05) is 0 Å². The molecule has 0 amide bonds. The summed E-state index contributed by atoms with van der Waals surface area (Å²) in [5, 5.41) is 0. The molecule has 1 aliphatic rings. The summed E-state index contributed by atoms with van der Waals surface area (Å²) in [4.78, 5) is 0. The highest BCUT2D eigenvalue weighted by molar-refractivity contribution is 5.14. The quantitative estimate of drug-likeness (QED) is 0.483. The summed E-state index contributed by atoms with van der Waals surface area (Å²) in [6.45, 7) is 2.26. The van der Waals surface area contributed by atoms with Crippen LogP contribution in [0.15, 0.2) is 42.5 Å². The molecule has 0 radical (unpaired) electrons. The summed E-state index contributed by atoms with van der Waals surface area (Å²) in [5.74, 6) is 0. The smallest absolute Gasteiger partial charge is 0.0616 e. The molecule has 0 aliphatic carbocycles. The Morgan fingerprint density at radius 3 is 2.35 bits per heavy atom. The molecule has 0 fully saturated rings. The van der Waals surface area contributed by atoms with Crippen molar-refractivity contribution in [1.29, 1.82) is 0 Å². The molecule has 110 valence electrons. The largest absolute Gasteiger partial charge is 0.374 e. The second-order valence-electron chi connectivity index (χ2n) is 5.84. The van der Waals surface area contributed by atoms with Gasteiger partial charge >= 0.3 is 0 Å². The third-order valence-electron chi connectivity index (χ3n) is 4.08. The van der Waals surface area contributed by atoms with E-state index in [4.69, 9.17) is 4.74 Å². The lowest BCUT2D eigenvalue weighted by Gasteiger charge is -2.22. The van der Waals surface area contributed by atoms with Gasteiger partial charge in [0.2, 0.25) is 0 Å². The molecule has 0 saturated heterocycles. The van der Waals surface area contributed by atoms with Crippen molar-refractivity contribution in [3.8, 4) is 0 Å². The van der Waals surface area contributed by atoms with Gasteiger partial charge in [0, 0.05) is 0 Å². The molecule has 1 heterocycles. The number of hydrogen-bond donors (Lipinski definition) is 0. The highest BCUT2D eigenvalue weighted by atomic mass is 16.5. The fraction of sp³-hybridized carbons (Fsp3) is 0.579. The highest BCUT2D eigenvalue weighted by Crippen LogP contribution is 2.21. The average molecular weight is 272 g/mol. The molecular weight excluding hydrogens is 244 g/mol. The van der Waals surface area contributed by atoms with Crippen LogP contribution in [-0.4, -0.2) is 12.2 Å². The predicted molar refractivity (Wildman–Crippen MR) is 85.9 cm³/mol. The molecule has 0 saturated carbocycles. The first-order chi connectivity index (χ1) is 9.88. The summed E-state index contributed by atoms with van der Waals surface area (Å²) in [6, 6.07) is 10.8. The van der Waals surface area contributed by atoms with E-state index < -0.39 is 0 Å². The molecular formula is C19H28O. The van der Waals surface area contributed by atoms with Crippen molar-refractivity contribution in [3.63, 3.8) is 0 Å². The number of ether oxygens (including phenoxy) is 1. The third-order valence-corrected chi connectivity index (χ3v) is 4.08. The van der Waals surface area contributed by atoms with Gasteiger partial charge in [0.05, 0.1) is 12.2 Å². The first-order valence-corrected chi connectivity index (χ1v) is 8.23. The van der Waals surface area contributed by atoms with Crippen LogP contribution in [0, 0.1) is 0 Å². The first-order valence-electron chi connectivity index (χ1n) is 8.23. The van der Waals surface area contributed by atoms with Crippen molar-refractivity contribution in [1.82, 2.24) is 0 Å². The van der Waals surface area contributed by atoms with Crippen molar-refractivity contribution >= 4 is 0 Å². The summed E-state index contributed by atoms with van der Waals surface area (Å²) in [5.41, 5.74) is 1.42. The van der Waals surface area contributed by atoms with Crippen LogP contribution >= 0.6 is 0 Å². The van der Waals surface area contributed by atoms with Gasteiger partial charge in [-0.05, 0) is 37.7 Å². The summed E-state index contributed by atoms with van der Waals surface area (Å²) in [6.07, 6.45) is 15.1. The second-order valence-corrected chi connectivity index (χ2v) is 5.84. The Hall–Kier alpha value is -1.08. The van der Waals surface area contributed by atoms with Crippen molar-refractivity contribution in [3.05, 3.63) is 48.0 Å². The maximum atomic E-state index is 6.32. The Morgan fingerprint density at radius 2 is 1.65 bits per heavy atom. The Morgan fingerprint density at radius 1 is 0.950 bits per heavy atom. The predicted octanol–water partition coefficient (Wildman–Crippen LogP) is 5.30. The van der Waals surface area contributed by atoms with Crippen molar-refractivity contribution in [2.45, 2.75) is 70.5 Å². The molecule has 0 spiro atoms. The lowest BCUT2D eigenvalue weighted by molar-refractivity contribution is -0.0140.